The fraction of sp³-hybridized carbons (Fsp3) is 0.588. The lowest BCUT2D eigenvalue weighted by atomic mass is 10.0. The molecule has 1 aromatic carbocycles. The van der Waals surface area contributed by atoms with Crippen molar-refractivity contribution in [1.82, 2.24) is 15.5 Å². The van der Waals surface area contributed by atoms with Crippen LogP contribution in [0.15, 0.2) is 18.2 Å². The number of benzene rings is 1. The van der Waals surface area contributed by atoms with Crippen LogP contribution in [0.4, 0.5) is 0 Å². The van der Waals surface area contributed by atoms with Gasteiger partial charge in [-0.25, -0.2) is 0 Å². The van der Waals surface area contributed by atoms with Gasteiger partial charge in [0.1, 0.15) is 18.5 Å². The SMILES string of the molecule is Cc1n[nH]c2cccc(OC[C@@H](O)CNCC3CCOCC3)c12. The molecule has 0 unspecified atom stereocenters. The molecule has 0 amide bonds. The van der Waals surface area contributed by atoms with E-state index in [0.29, 0.717) is 12.5 Å². The molecule has 3 rings (SSSR count). The number of H-pyrrole nitrogens is 1. The average Bonchev–Trinajstić information content (AvgIpc) is 2.96. The molecule has 126 valence electrons. The number of aromatic amines is 1. The summed E-state index contributed by atoms with van der Waals surface area (Å²) in [5.41, 5.74) is 1.86. The van der Waals surface area contributed by atoms with Gasteiger partial charge in [0.15, 0.2) is 0 Å². The van der Waals surface area contributed by atoms with Crippen molar-refractivity contribution < 1.29 is 14.6 Å². The Hall–Kier alpha value is -1.63. The first-order valence-corrected chi connectivity index (χ1v) is 8.27. The Kier molecular flexibility index (Phi) is 5.48. The van der Waals surface area contributed by atoms with E-state index in [0.717, 1.165) is 54.9 Å². The van der Waals surface area contributed by atoms with E-state index in [1.54, 1.807) is 0 Å². The normalized spacial score (nSPS) is 17.5. The summed E-state index contributed by atoms with van der Waals surface area (Å²) < 4.78 is 11.1. The zero-order chi connectivity index (χ0) is 16.1. The summed E-state index contributed by atoms with van der Waals surface area (Å²) in [5.74, 6) is 1.41. The van der Waals surface area contributed by atoms with Crippen LogP contribution in [0.2, 0.25) is 0 Å². The molecule has 1 fully saturated rings. The third kappa shape index (κ3) is 4.22. The van der Waals surface area contributed by atoms with Crippen LogP contribution in [0, 0.1) is 12.8 Å². The van der Waals surface area contributed by atoms with Crippen LogP contribution in [0.5, 0.6) is 5.75 Å². The smallest absolute Gasteiger partial charge is 0.130 e. The molecule has 0 radical (unpaired) electrons. The molecule has 0 aliphatic carbocycles. The fourth-order valence-electron chi connectivity index (χ4n) is 2.97. The highest BCUT2D eigenvalue weighted by molar-refractivity contribution is 5.87. The van der Waals surface area contributed by atoms with Crippen molar-refractivity contribution >= 4 is 10.9 Å². The van der Waals surface area contributed by atoms with Crippen LogP contribution in [-0.2, 0) is 4.74 Å². The standard InChI is InChI=1S/C17H25N3O3/c1-12-17-15(20-19-12)3-2-4-16(17)23-11-14(21)10-18-9-13-5-7-22-8-6-13/h2-4,13-14,18,21H,5-11H2,1H3,(H,19,20)/t14-/m0/s1. The van der Waals surface area contributed by atoms with Gasteiger partial charge in [-0.05, 0) is 44.4 Å². The number of nitrogens with one attached hydrogen (secondary N) is 2. The number of rotatable bonds is 7. The van der Waals surface area contributed by atoms with E-state index in [2.05, 4.69) is 15.5 Å². The number of ether oxygens (including phenoxy) is 2. The van der Waals surface area contributed by atoms with Crippen molar-refractivity contribution in [2.45, 2.75) is 25.9 Å². The molecule has 0 spiro atoms. The van der Waals surface area contributed by atoms with E-state index in [1.165, 1.54) is 0 Å². The van der Waals surface area contributed by atoms with Crippen molar-refractivity contribution in [3.05, 3.63) is 23.9 Å². The van der Waals surface area contributed by atoms with Gasteiger partial charge in [-0.2, -0.15) is 5.10 Å². The highest BCUT2D eigenvalue weighted by Crippen LogP contribution is 2.26. The minimum absolute atomic E-state index is 0.268. The number of nitrogens with zero attached hydrogens (tertiary/aromatic N) is 1. The van der Waals surface area contributed by atoms with Crippen LogP contribution < -0.4 is 10.1 Å². The van der Waals surface area contributed by atoms with Crippen LogP contribution in [0.1, 0.15) is 18.5 Å². The minimum Gasteiger partial charge on any atom is -0.490 e. The molecule has 1 atom stereocenters. The minimum atomic E-state index is -0.530. The maximum Gasteiger partial charge on any atom is 0.130 e. The van der Waals surface area contributed by atoms with Crippen LogP contribution >= 0.6 is 0 Å². The highest BCUT2D eigenvalue weighted by atomic mass is 16.5. The zero-order valence-corrected chi connectivity index (χ0v) is 13.5. The molecule has 1 aromatic heterocycles. The second-order valence-corrected chi connectivity index (χ2v) is 6.17. The summed E-state index contributed by atoms with van der Waals surface area (Å²) >= 11 is 0. The van der Waals surface area contributed by atoms with Gasteiger partial charge in [0.2, 0.25) is 0 Å². The summed E-state index contributed by atoms with van der Waals surface area (Å²) in [6.07, 6.45) is 1.67. The van der Waals surface area contributed by atoms with Gasteiger partial charge in [-0.1, -0.05) is 6.07 Å². The highest BCUT2D eigenvalue weighted by Gasteiger charge is 2.14. The van der Waals surface area contributed by atoms with Crippen LogP contribution in [0.3, 0.4) is 0 Å². The number of aliphatic hydroxyl groups is 1. The summed E-state index contributed by atoms with van der Waals surface area (Å²) in [6, 6.07) is 5.80. The lowest BCUT2D eigenvalue weighted by Gasteiger charge is -2.23. The van der Waals surface area contributed by atoms with Crippen LogP contribution in [-0.4, -0.2) is 54.3 Å². The summed E-state index contributed by atoms with van der Waals surface area (Å²) in [7, 11) is 0. The first kappa shape index (κ1) is 16.2. The first-order chi connectivity index (χ1) is 11.2. The Labute approximate surface area is 136 Å². The predicted molar refractivity (Wildman–Crippen MR) is 88.7 cm³/mol. The Morgan fingerprint density at radius 2 is 2.26 bits per heavy atom. The molecule has 3 N–H and O–H groups in total. The molecule has 1 aliphatic heterocycles. The van der Waals surface area contributed by atoms with Crippen molar-refractivity contribution in [2.24, 2.45) is 5.92 Å². The Morgan fingerprint density at radius 1 is 1.43 bits per heavy atom. The van der Waals surface area contributed by atoms with Crippen molar-refractivity contribution in [3.8, 4) is 5.75 Å². The van der Waals surface area contributed by atoms with Gasteiger partial charge in [0.05, 0.1) is 16.6 Å². The quantitative estimate of drug-likeness (QED) is 0.723. The first-order valence-electron chi connectivity index (χ1n) is 8.27. The number of hydrogen-bond donors (Lipinski definition) is 3. The Morgan fingerprint density at radius 3 is 3.09 bits per heavy atom. The summed E-state index contributed by atoms with van der Waals surface area (Å²) in [6.45, 7) is 5.38. The molecule has 23 heavy (non-hydrogen) atoms. The molecule has 2 heterocycles. The number of aliphatic hydroxyl groups excluding tert-OH is 1. The number of aromatic nitrogens is 2. The van der Waals surface area contributed by atoms with E-state index in [1.807, 2.05) is 25.1 Å². The molecule has 1 saturated heterocycles. The van der Waals surface area contributed by atoms with Crippen molar-refractivity contribution in [2.75, 3.05) is 32.9 Å². The van der Waals surface area contributed by atoms with Crippen molar-refractivity contribution in [1.29, 1.82) is 0 Å². The topological polar surface area (TPSA) is 79.4 Å². The number of fused-ring (bicyclic) bond motifs is 1. The number of aryl methyl sites for hydroxylation is 1. The fourth-order valence-corrected chi connectivity index (χ4v) is 2.97. The van der Waals surface area contributed by atoms with Crippen LogP contribution in [0.25, 0.3) is 10.9 Å². The molecule has 6 nitrogen and oxygen atoms in total. The molecule has 0 saturated carbocycles. The third-order valence-electron chi connectivity index (χ3n) is 4.32. The Bertz CT molecular complexity index is 623. The van der Waals surface area contributed by atoms with Gasteiger partial charge in [-0.3, -0.25) is 5.10 Å². The van der Waals surface area contributed by atoms with Gasteiger partial charge in [0, 0.05) is 19.8 Å². The second kappa shape index (κ2) is 7.77. The predicted octanol–water partition coefficient (Wildman–Crippen LogP) is 1.63. The largest absolute Gasteiger partial charge is 0.490 e. The van der Waals surface area contributed by atoms with Crippen molar-refractivity contribution in [3.63, 3.8) is 0 Å². The Balaban J connectivity index is 1.44. The van der Waals surface area contributed by atoms with E-state index >= 15 is 0 Å². The zero-order valence-electron chi connectivity index (χ0n) is 13.5. The second-order valence-electron chi connectivity index (χ2n) is 6.17. The molecular weight excluding hydrogens is 294 g/mol. The molecule has 1 aliphatic rings. The average molecular weight is 319 g/mol. The maximum absolute atomic E-state index is 10.1. The monoisotopic (exact) mass is 319 g/mol. The van der Waals surface area contributed by atoms with Gasteiger partial charge < -0.3 is 19.9 Å². The van der Waals surface area contributed by atoms with E-state index in [9.17, 15) is 5.11 Å². The molecular formula is C17H25N3O3. The maximum atomic E-state index is 10.1. The lowest BCUT2D eigenvalue weighted by molar-refractivity contribution is 0.0631. The number of hydrogen-bond acceptors (Lipinski definition) is 5. The lowest BCUT2D eigenvalue weighted by Crippen LogP contribution is -2.35. The van der Waals surface area contributed by atoms with Gasteiger partial charge >= 0.3 is 0 Å². The van der Waals surface area contributed by atoms with Gasteiger partial charge in [-0.15, -0.1) is 0 Å². The van der Waals surface area contributed by atoms with E-state index in [4.69, 9.17) is 9.47 Å². The summed E-state index contributed by atoms with van der Waals surface area (Å²) in [5, 5.41) is 21.6. The van der Waals surface area contributed by atoms with Gasteiger partial charge in [0.25, 0.3) is 0 Å². The molecule has 2 aromatic rings. The van der Waals surface area contributed by atoms with E-state index < -0.39 is 6.10 Å². The van der Waals surface area contributed by atoms with E-state index in [-0.39, 0.29) is 6.61 Å². The third-order valence-corrected chi connectivity index (χ3v) is 4.32. The summed E-state index contributed by atoms with van der Waals surface area (Å²) in [4.78, 5) is 0. The molecule has 6 heteroatoms. The molecule has 0 bridgehead atoms.